The highest BCUT2D eigenvalue weighted by molar-refractivity contribution is 14.0. The van der Waals surface area contributed by atoms with Crippen LogP contribution in [0, 0.1) is 12.7 Å². The predicted octanol–water partition coefficient (Wildman–Crippen LogP) is 3.58. The first-order chi connectivity index (χ1) is 14.5. The zero-order chi connectivity index (χ0) is 21.3. The molecule has 0 fully saturated rings. The molecule has 0 saturated carbocycles. The van der Waals surface area contributed by atoms with E-state index >= 15 is 0 Å². The Hall–Kier alpha value is -2.69. The molecule has 0 aliphatic heterocycles. The number of nitrogens with zero attached hydrogens (tertiary/aromatic N) is 4. The molecule has 1 heterocycles. The van der Waals surface area contributed by atoms with Crippen LogP contribution in [0.2, 0.25) is 0 Å². The van der Waals surface area contributed by atoms with E-state index in [1.807, 2.05) is 55.8 Å². The molecule has 7 nitrogen and oxygen atoms in total. The van der Waals surface area contributed by atoms with E-state index < -0.39 is 0 Å². The molecule has 2 N–H and O–H groups in total. The van der Waals surface area contributed by atoms with Crippen molar-refractivity contribution >= 4 is 29.9 Å². The van der Waals surface area contributed by atoms with Crippen molar-refractivity contribution in [3.05, 3.63) is 77.6 Å². The number of aliphatic imine (C=N–C) groups is 1. The highest BCUT2D eigenvalue weighted by Crippen LogP contribution is 2.13. The second kappa shape index (κ2) is 12.2. The zero-order valence-electron chi connectivity index (χ0n) is 17.9. The summed E-state index contributed by atoms with van der Waals surface area (Å²) in [5.74, 6) is 2.47. The second-order valence-electron chi connectivity index (χ2n) is 6.99. The van der Waals surface area contributed by atoms with Crippen LogP contribution < -0.4 is 15.4 Å². The Morgan fingerprint density at radius 2 is 1.90 bits per heavy atom. The minimum absolute atomic E-state index is 0. The van der Waals surface area contributed by atoms with Crippen LogP contribution in [0.3, 0.4) is 0 Å². The van der Waals surface area contributed by atoms with E-state index in [2.05, 4.69) is 25.8 Å². The molecule has 0 bridgehead atoms. The van der Waals surface area contributed by atoms with Crippen LogP contribution >= 0.6 is 24.0 Å². The molecule has 0 spiro atoms. The molecule has 0 saturated heterocycles. The Morgan fingerprint density at radius 1 is 1.13 bits per heavy atom. The third kappa shape index (κ3) is 7.82. The van der Waals surface area contributed by atoms with Crippen LogP contribution in [0.15, 0.2) is 59.6 Å². The summed E-state index contributed by atoms with van der Waals surface area (Å²) in [4.78, 5) is 4.66. The molecule has 2 aromatic carbocycles. The van der Waals surface area contributed by atoms with E-state index in [9.17, 15) is 4.39 Å². The lowest BCUT2D eigenvalue weighted by atomic mass is 10.2. The number of aromatic nitrogens is 3. The SMILES string of the molecule is Cc1nnc(CNC(=NCc2ccccc2)NCC(C)Oc2cccc(F)c2)n1C.I. The maximum absolute atomic E-state index is 13.4. The number of nitrogens with one attached hydrogen (secondary N) is 2. The molecule has 0 aliphatic carbocycles. The quantitative estimate of drug-likeness (QED) is 0.261. The van der Waals surface area contributed by atoms with Gasteiger partial charge in [0.15, 0.2) is 11.8 Å². The molecule has 166 valence electrons. The first-order valence-corrected chi connectivity index (χ1v) is 9.84. The van der Waals surface area contributed by atoms with E-state index in [0.717, 1.165) is 17.2 Å². The lowest BCUT2D eigenvalue weighted by Gasteiger charge is -2.18. The number of hydrogen-bond acceptors (Lipinski definition) is 4. The number of rotatable bonds is 8. The van der Waals surface area contributed by atoms with Gasteiger partial charge in [0.25, 0.3) is 0 Å². The molecule has 1 atom stereocenters. The maximum Gasteiger partial charge on any atom is 0.192 e. The van der Waals surface area contributed by atoms with Gasteiger partial charge in [-0.1, -0.05) is 36.4 Å². The molecular weight excluding hydrogens is 510 g/mol. The van der Waals surface area contributed by atoms with Gasteiger partial charge in [0.2, 0.25) is 0 Å². The molecule has 0 aliphatic rings. The normalized spacial score (nSPS) is 12.1. The molecule has 9 heteroatoms. The molecule has 3 rings (SSSR count). The van der Waals surface area contributed by atoms with Gasteiger partial charge in [-0.25, -0.2) is 9.38 Å². The summed E-state index contributed by atoms with van der Waals surface area (Å²) in [7, 11) is 1.93. The Kier molecular flexibility index (Phi) is 9.70. The van der Waals surface area contributed by atoms with Crippen molar-refractivity contribution < 1.29 is 9.13 Å². The first kappa shape index (κ1) is 24.6. The van der Waals surface area contributed by atoms with Gasteiger partial charge in [-0.2, -0.15) is 0 Å². The fraction of sp³-hybridized carbons (Fsp3) is 0.318. The predicted molar refractivity (Wildman–Crippen MR) is 130 cm³/mol. The summed E-state index contributed by atoms with van der Waals surface area (Å²) >= 11 is 0. The summed E-state index contributed by atoms with van der Waals surface area (Å²) < 4.78 is 21.1. The van der Waals surface area contributed by atoms with E-state index in [1.165, 1.54) is 12.1 Å². The van der Waals surface area contributed by atoms with Crippen LogP contribution in [-0.4, -0.2) is 33.4 Å². The van der Waals surface area contributed by atoms with Crippen LogP contribution in [0.1, 0.15) is 24.1 Å². The van der Waals surface area contributed by atoms with E-state index in [1.54, 1.807) is 12.1 Å². The average molecular weight is 538 g/mol. The van der Waals surface area contributed by atoms with Crippen molar-refractivity contribution in [2.75, 3.05) is 6.54 Å². The van der Waals surface area contributed by atoms with Crippen LogP contribution in [-0.2, 0) is 20.1 Å². The van der Waals surface area contributed by atoms with Gasteiger partial charge in [-0.15, -0.1) is 34.2 Å². The molecule has 0 radical (unpaired) electrons. The first-order valence-electron chi connectivity index (χ1n) is 9.84. The number of hydrogen-bond donors (Lipinski definition) is 2. The van der Waals surface area contributed by atoms with Gasteiger partial charge in [-0.05, 0) is 31.5 Å². The minimum Gasteiger partial charge on any atom is -0.489 e. The number of guanidine groups is 1. The zero-order valence-corrected chi connectivity index (χ0v) is 20.2. The molecule has 0 amide bonds. The fourth-order valence-corrected chi connectivity index (χ4v) is 2.75. The number of aryl methyl sites for hydroxylation is 1. The maximum atomic E-state index is 13.4. The van der Waals surface area contributed by atoms with Crippen molar-refractivity contribution in [1.29, 1.82) is 0 Å². The molecule has 3 aromatic rings. The molecule has 1 unspecified atom stereocenters. The van der Waals surface area contributed by atoms with Crippen molar-refractivity contribution in [1.82, 2.24) is 25.4 Å². The van der Waals surface area contributed by atoms with Gasteiger partial charge in [-0.3, -0.25) is 0 Å². The topological polar surface area (TPSA) is 76.4 Å². The van der Waals surface area contributed by atoms with Crippen LogP contribution in [0.4, 0.5) is 4.39 Å². The summed E-state index contributed by atoms with van der Waals surface area (Å²) in [6.07, 6.45) is -0.187. The lowest BCUT2D eigenvalue weighted by molar-refractivity contribution is 0.223. The van der Waals surface area contributed by atoms with Crippen LogP contribution in [0.25, 0.3) is 0 Å². The summed E-state index contributed by atoms with van der Waals surface area (Å²) in [5, 5.41) is 14.8. The van der Waals surface area contributed by atoms with Gasteiger partial charge in [0.1, 0.15) is 23.5 Å². The smallest absolute Gasteiger partial charge is 0.192 e. The van der Waals surface area contributed by atoms with Gasteiger partial charge in [0, 0.05) is 13.1 Å². The molecule has 31 heavy (non-hydrogen) atoms. The Balaban J connectivity index is 0.00000341. The third-order valence-corrected chi connectivity index (χ3v) is 4.55. The van der Waals surface area contributed by atoms with Crippen molar-refractivity contribution in [2.24, 2.45) is 12.0 Å². The third-order valence-electron chi connectivity index (χ3n) is 4.55. The van der Waals surface area contributed by atoms with Crippen molar-refractivity contribution in [2.45, 2.75) is 33.0 Å². The van der Waals surface area contributed by atoms with Crippen molar-refractivity contribution in [3.63, 3.8) is 0 Å². The second-order valence-corrected chi connectivity index (χ2v) is 6.99. The van der Waals surface area contributed by atoms with Gasteiger partial charge < -0.3 is 19.9 Å². The standard InChI is InChI=1S/C22H27FN6O.HI/c1-16(30-20-11-7-10-19(23)12-20)13-24-22(25-14-18-8-5-4-6-9-18)26-15-21-28-27-17(2)29(21)3;/h4-12,16H,13-15H2,1-3H3,(H2,24,25,26);1H. The Morgan fingerprint density at radius 3 is 2.58 bits per heavy atom. The molecular formula is C22H28FIN6O. The number of ether oxygens (including phenoxy) is 1. The highest BCUT2D eigenvalue weighted by atomic mass is 127. The van der Waals surface area contributed by atoms with E-state index in [4.69, 9.17) is 4.74 Å². The van der Waals surface area contributed by atoms with Gasteiger partial charge >= 0.3 is 0 Å². The van der Waals surface area contributed by atoms with E-state index in [0.29, 0.717) is 31.3 Å². The van der Waals surface area contributed by atoms with E-state index in [-0.39, 0.29) is 35.9 Å². The Labute approximate surface area is 199 Å². The monoisotopic (exact) mass is 538 g/mol. The average Bonchev–Trinajstić information content (AvgIpc) is 3.06. The lowest BCUT2D eigenvalue weighted by Crippen LogP contribution is -2.42. The number of halogens is 2. The summed E-state index contributed by atoms with van der Waals surface area (Å²) in [6, 6.07) is 16.1. The summed E-state index contributed by atoms with van der Waals surface area (Å²) in [5.41, 5.74) is 1.11. The van der Waals surface area contributed by atoms with Gasteiger partial charge in [0.05, 0.1) is 19.6 Å². The largest absolute Gasteiger partial charge is 0.489 e. The summed E-state index contributed by atoms with van der Waals surface area (Å²) in [6.45, 7) is 5.34. The molecule has 1 aromatic heterocycles. The number of benzene rings is 2. The fourth-order valence-electron chi connectivity index (χ4n) is 2.75. The Bertz CT molecular complexity index is 979. The minimum atomic E-state index is -0.321. The van der Waals surface area contributed by atoms with Crippen LogP contribution in [0.5, 0.6) is 5.75 Å². The highest BCUT2D eigenvalue weighted by Gasteiger charge is 2.09. The van der Waals surface area contributed by atoms with Crippen molar-refractivity contribution in [3.8, 4) is 5.75 Å².